The van der Waals surface area contributed by atoms with Crippen LogP contribution in [0.25, 0.3) is 0 Å². The van der Waals surface area contributed by atoms with E-state index in [0.717, 1.165) is 11.1 Å². The Kier molecular flexibility index (Phi) is 6.11. The van der Waals surface area contributed by atoms with Crippen LogP contribution in [0.3, 0.4) is 0 Å². The minimum Gasteiger partial charge on any atom is -0.390 e. The van der Waals surface area contributed by atoms with E-state index in [4.69, 9.17) is 14.2 Å². The fourth-order valence-corrected chi connectivity index (χ4v) is 2.72. The first-order valence-electron chi connectivity index (χ1n) is 8.04. The highest BCUT2D eigenvalue weighted by molar-refractivity contribution is 5.56. The van der Waals surface area contributed by atoms with Crippen molar-refractivity contribution >= 4 is 6.29 Å². The summed E-state index contributed by atoms with van der Waals surface area (Å²) < 4.78 is 16.6. The summed E-state index contributed by atoms with van der Waals surface area (Å²) in [6, 6.07) is 7.44. The topological polar surface area (TPSA) is 85.2 Å². The molecule has 0 saturated carbocycles. The van der Waals surface area contributed by atoms with Crippen LogP contribution in [-0.2, 0) is 25.6 Å². The number of benzene rings is 1. The SMILES string of the molecule is COC(C)(C)OCc1cccc([C@H]2O[C@H](C)[C@H](O)[C@H](C=O)[C@H]2O)c1. The average Bonchev–Trinajstić information content (AvgIpc) is 2.57. The number of hydrogen-bond acceptors (Lipinski definition) is 6. The van der Waals surface area contributed by atoms with Gasteiger partial charge in [0.2, 0.25) is 0 Å². The first-order valence-corrected chi connectivity index (χ1v) is 8.04. The largest absolute Gasteiger partial charge is 0.390 e. The van der Waals surface area contributed by atoms with Crippen molar-refractivity contribution in [3.63, 3.8) is 0 Å². The van der Waals surface area contributed by atoms with Crippen molar-refractivity contribution in [1.29, 1.82) is 0 Å². The van der Waals surface area contributed by atoms with Gasteiger partial charge >= 0.3 is 0 Å². The van der Waals surface area contributed by atoms with Gasteiger partial charge in [-0.15, -0.1) is 0 Å². The van der Waals surface area contributed by atoms with Crippen molar-refractivity contribution in [2.75, 3.05) is 7.11 Å². The molecule has 1 aliphatic heterocycles. The normalized spacial score (nSPS) is 31.0. The third-order valence-corrected chi connectivity index (χ3v) is 4.46. The number of rotatable bonds is 6. The minimum atomic E-state index is -1.10. The predicted octanol–water partition coefficient (Wildman–Crippen LogP) is 1.58. The maximum Gasteiger partial charge on any atom is 0.162 e. The summed E-state index contributed by atoms with van der Waals surface area (Å²) in [6.45, 7) is 5.67. The molecule has 1 heterocycles. The fourth-order valence-electron chi connectivity index (χ4n) is 2.72. The van der Waals surface area contributed by atoms with Gasteiger partial charge in [0.15, 0.2) is 5.79 Å². The van der Waals surface area contributed by atoms with Crippen LogP contribution in [0.5, 0.6) is 0 Å². The number of aliphatic hydroxyl groups is 2. The van der Waals surface area contributed by atoms with Gasteiger partial charge in [0, 0.05) is 7.11 Å². The van der Waals surface area contributed by atoms with Crippen molar-refractivity contribution in [2.45, 2.75) is 57.6 Å². The molecule has 6 nitrogen and oxygen atoms in total. The van der Waals surface area contributed by atoms with Crippen molar-refractivity contribution in [2.24, 2.45) is 5.92 Å². The van der Waals surface area contributed by atoms with Crippen LogP contribution in [-0.4, -0.2) is 47.7 Å². The van der Waals surface area contributed by atoms with Gasteiger partial charge < -0.3 is 29.2 Å². The second-order valence-corrected chi connectivity index (χ2v) is 6.59. The average molecular weight is 338 g/mol. The Labute approximate surface area is 142 Å². The quantitative estimate of drug-likeness (QED) is 0.605. The molecular formula is C18H26O6. The van der Waals surface area contributed by atoms with Crippen molar-refractivity contribution < 1.29 is 29.2 Å². The molecule has 1 fully saturated rings. The number of aliphatic hydroxyl groups excluding tert-OH is 2. The molecule has 0 aliphatic carbocycles. The predicted molar refractivity (Wildman–Crippen MR) is 87.2 cm³/mol. The van der Waals surface area contributed by atoms with Crippen LogP contribution in [0.4, 0.5) is 0 Å². The number of methoxy groups -OCH3 is 1. The number of carbonyl (C=O) groups is 1. The molecule has 0 bridgehead atoms. The highest BCUT2D eigenvalue weighted by Gasteiger charge is 2.43. The zero-order valence-corrected chi connectivity index (χ0v) is 14.5. The zero-order valence-electron chi connectivity index (χ0n) is 14.5. The van der Waals surface area contributed by atoms with E-state index < -0.39 is 36.1 Å². The lowest BCUT2D eigenvalue weighted by Gasteiger charge is -2.39. The van der Waals surface area contributed by atoms with Gasteiger partial charge in [-0.1, -0.05) is 24.3 Å². The molecule has 0 spiro atoms. The first kappa shape index (κ1) is 19.0. The Bertz CT molecular complexity index is 558. The van der Waals surface area contributed by atoms with E-state index in [-0.39, 0.29) is 0 Å². The second kappa shape index (κ2) is 7.72. The number of aldehydes is 1. The molecule has 134 valence electrons. The van der Waals surface area contributed by atoms with Gasteiger partial charge in [-0.25, -0.2) is 0 Å². The van der Waals surface area contributed by atoms with Gasteiger partial charge in [0.1, 0.15) is 12.4 Å². The summed E-state index contributed by atoms with van der Waals surface area (Å²) in [5.41, 5.74) is 1.64. The van der Waals surface area contributed by atoms with E-state index in [1.807, 2.05) is 38.1 Å². The highest BCUT2D eigenvalue weighted by Crippen LogP contribution is 2.35. The molecule has 2 rings (SSSR count). The minimum absolute atomic E-state index is 0.340. The summed E-state index contributed by atoms with van der Waals surface area (Å²) in [7, 11) is 1.58. The number of carbonyl (C=O) groups excluding carboxylic acids is 1. The summed E-state index contributed by atoms with van der Waals surface area (Å²) in [4.78, 5) is 11.2. The molecule has 1 aromatic carbocycles. The Hall–Kier alpha value is -1.31. The van der Waals surface area contributed by atoms with Crippen LogP contribution in [0.15, 0.2) is 24.3 Å². The van der Waals surface area contributed by atoms with Crippen LogP contribution in [0, 0.1) is 5.92 Å². The molecule has 0 unspecified atom stereocenters. The van der Waals surface area contributed by atoms with Gasteiger partial charge in [-0.2, -0.15) is 0 Å². The van der Waals surface area contributed by atoms with Crippen LogP contribution in [0.2, 0.25) is 0 Å². The molecule has 1 aliphatic rings. The van der Waals surface area contributed by atoms with Crippen LogP contribution in [0.1, 0.15) is 38.0 Å². The fraction of sp³-hybridized carbons (Fsp3) is 0.611. The molecule has 6 heteroatoms. The third kappa shape index (κ3) is 4.20. The monoisotopic (exact) mass is 338 g/mol. The zero-order chi connectivity index (χ0) is 17.9. The lowest BCUT2D eigenvalue weighted by atomic mass is 9.85. The Morgan fingerprint density at radius 2 is 2.00 bits per heavy atom. The lowest BCUT2D eigenvalue weighted by Crippen LogP contribution is -2.50. The van der Waals surface area contributed by atoms with E-state index in [1.54, 1.807) is 14.0 Å². The maximum atomic E-state index is 11.2. The van der Waals surface area contributed by atoms with Crippen LogP contribution < -0.4 is 0 Å². The summed E-state index contributed by atoms with van der Waals surface area (Å²) in [5.74, 6) is -1.57. The molecule has 1 saturated heterocycles. The van der Waals surface area contributed by atoms with E-state index in [9.17, 15) is 15.0 Å². The van der Waals surface area contributed by atoms with Gasteiger partial charge in [-0.3, -0.25) is 0 Å². The van der Waals surface area contributed by atoms with E-state index in [1.165, 1.54) is 0 Å². The Morgan fingerprint density at radius 3 is 2.62 bits per heavy atom. The van der Waals surface area contributed by atoms with E-state index in [2.05, 4.69) is 0 Å². The van der Waals surface area contributed by atoms with Gasteiger partial charge in [0.05, 0.1) is 30.8 Å². The molecule has 0 aromatic heterocycles. The smallest absolute Gasteiger partial charge is 0.162 e. The van der Waals surface area contributed by atoms with Crippen LogP contribution >= 0.6 is 0 Å². The number of ether oxygens (including phenoxy) is 3. The summed E-state index contributed by atoms with van der Waals surface area (Å²) in [5, 5.41) is 20.4. The summed E-state index contributed by atoms with van der Waals surface area (Å²) >= 11 is 0. The van der Waals surface area contributed by atoms with E-state index >= 15 is 0 Å². The Balaban J connectivity index is 2.17. The molecule has 5 atom stereocenters. The molecule has 1 aromatic rings. The van der Waals surface area contributed by atoms with Crippen molar-refractivity contribution in [3.8, 4) is 0 Å². The highest BCUT2D eigenvalue weighted by atomic mass is 16.7. The molecule has 2 N–H and O–H groups in total. The second-order valence-electron chi connectivity index (χ2n) is 6.59. The number of hydrogen-bond donors (Lipinski definition) is 2. The standard InChI is InChI=1S/C18H26O6/c1-11-15(20)14(9-19)16(21)17(24-11)13-7-5-6-12(8-13)10-23-18(2,3)22-4/h5-9,11,14-17,20-21H,10H2,1-4H3/t11-,14+,15+,16-,17-/m1/s1. The van der Waals surface area contributed by atoms with Gasteiger partial charge in [-0.05, 0) is 31.9 Å². The summed E-state index contributed by atoms with van der Waals surface area (Å²) in [6.07, 6.45) is -2.73. The molecule has 0 amide bonds. The molecule has 0 radical (unpaired) electrons. The lowest BCUT2D eigenvalue weighted by molar-refractivity contribution is -0.204. The molecule has 24 heavy (non-hydrogen) atoms. The Morgan fingerprint density at radius 1 is 1.29 bits per heavy atom. The first-order chi connectivity index (χ1) is 11.3. The maximum absolute atomic E-state index is 11.2. The third-order valence-electron chi connectivity index (χ3n) is 4.46. The van der Waals surface area contributed by atoms with E-state index in [0.29, 0.717) is 12.9 Å². The molecular weight excluding hydrogens is 312 g/mol. The van der Waals surface area contributed by atoms with Gasteiger partial charge in [0.25, 0.3) is 0 Å². The van der Waals surface area contributed by atoms with Crippen molar-refractivity contribution in [1.82, 2.24) is 0 Å². The van der Waals surface area contributed by atoms with Crippen molar-refractivity contribution in [3.05, 3.63) is 35.4 Å².